The second-order valence-electron chi connectivity index (χ2n) is 5.85. The Hall–Kier alpha value is -0.290. The van der Waals surface area contributed by atoms with Gasteiger partial charge in [-0.15, -0.1) is 0 Å². The molecule has 2 nitrogen and oxygen atoms in total. The van der Waals surface area contributed by atoms with E-state index in [1.807, 2.05) is 0 Å². The zero-order valence-corrected chi connectivity index (χ0v) is 11.3. The van der Waals surface area contributed by atoms with Crippen molar-refractivity contribution in [2.24, 2.45) is 23.5 Å². The minimum absolute atomic E-state index is 0.239. The molecule has 1 aliphatic heterocycles. The number of piperidine rings is 1. The third kappa shape index (κ3) is 5.14. The first-order valence-electron chi connectivity index (χ1n) is 6.82. The van der Waals surface area contributed by atoms with Crippen LogP contribution in [-0.4, -0.2) is 37.3 Å². The predicted octanol–water partition coefficient (Wildman–Crippen LogP) is 2.88. The normalized spacial score (nSPS) is 21.5. The van der Waals surface area contributed by atoms with Gasteiger partial charge in [0.15, 0.2) is 0 Å². The molecule has 5 heteroatoms. The van der Waals surface area contributed by atoms with Gasteiger partial charge in [0, 0.05) is 6.54 Å². The zero-order chi connectivity index (χ0) is 13.8. The molecule has 1 rings (SSSR count). The van der Waals surface area contributed by atoms with Crippen molar-refractivity contribution in [3.63, 3.8) is 0 Å². The fourth-order valence-electron chi connectivity index (χ4n) is 2.72. The Bertz CT molecular complexity index is 233. The highest BCUT2D eigenvalue weighted by Crippen LogP contribution is 2.34. The first-order chi connectivity index (χ1) is 8.32. The molecule has 0 aromatic rings. The van der Waals surface area contributed by atoms with Crippen molar-refractivity contribution in [2.75, 3.05) is 26.2 Å². The lowest BCUT2D eigenvalue weighted by molar-refractivity contribution is -0.185. The fraction of sp³-hybridized carbons (Fsp3) is 1.00. The summed E-state index contributed by atoms with van der Waals surface area (Å²) >= 11 is 0. The van der Waals surface area contributed by atoms with Crippen LogP contribution in [0.15, 0.2) is 0 Å². The van der Waals surface area contributed by atoms with Gasteiger partial charge in [-0.25, -0.2) is 0 Å². The highest BCUT2D eigenvalue weighted by atomic mass is 19.4. The van der Waals surface area contributed by atoms with E-state index in [1.165, 1.54) is 0 Å². The van der Waals surface area contributed by atoms with Crippen molar-refractivity contribution in [1.29, 1.82) is 0 Å². The topological polar surface area (TPSA) is 29.3 Å². The maximum atomic E-state index is 12.5. The third-order valence-corrected chi connectivity index (χ3v) is 3.70. The summed E-state index contributed by atoms with van der Waals surface area (Å²) in [5, 5.41) is 0. The molecule has 0 aliphatic carbocycles. The summed E-state index contributed by atoms with van der Waals surface area (Å²) < 4.78 is 37.6. The summed E-state index contributed by atoms with van der Waals surface area (Å²) in [6.45, 7) is 6.88. The van der Waals surface area contributed by atoms with Crippen molar-refractivity contribution in [3.8, 4) is 0 Å². The largest absolute Gasteiger partial charge is 0.391 e. The van der Waals surface area contributed by atoms with Gasteiger partial charge in [-0.3, -0.25) is 0 Å². The van der Waals surface area contributed by atoms with Crippen molar-refractivity contribution in [3.05, 3.63) is 0 Å². The van der Waals surface area contributed by atoms with Crippen molar-refractivity contribution >= 4 is 0 Å². The van der Waals surface area contributed by atoms with Gasteiger partial charge in [-0.2, -0.15) is 13.2 Å². The Balaban J connectivity index is 2.34. The number of nitrogens with zero attached hydrogens (tertiary/aromatic N) is 1. The quantitative estimate of drug-likeness (QED) is 0.829. The van der Waals surface area contributed by atoms with E-state index in [0.29, 0.717) is 31.5 Å². The first kappa shape index (κ1) is 15.8. The molecule has 1 fully saturated rings. The Morgan fingerprint density at radius 3 is 2.17 bits per heavy atom. The summed E-state index contributed by atoms with van der Waals surface area (Å²) in [6, 6.07) is 0. The molecule has 1 unspecified atom stereocenters. The lowest BCUT2D eigenvalue weighted by atomic mass is 9.93. The van der Waals surface area contributed by atoms with Crippen LogP contribution in [0.4, 0.5) is 13.2 Å². The molecule has 0 amide bonds. The lowest BCUT2D eigenvalue weighted by Gasteiger charge is -2.35. The summed E-state index contributed by atoms with van der Waals surface area (Å²) in [7, 11) is 0. The molecule has 0 spiro atoms. The molecule has 1 aliphatic rings. The highest BCUT2D eigenvalue weighted by molar-refractivity contribution is 4.79. The van der Waals surface area contributed by atoms with Crippen LogP contribution >= 0.6 is 0 Å². The van der Waals surface area contributed by atoms with Gasteiger partial charge in [-0.05, 0) is 50.7 Å². The van der Waals surface area contributed by atoms with Gasteiger partial charge in [0.05, 0.1) is 5.92 Å². The fourth-order valence-corrected chi connectivity index (χ4v) is 2.72. The number of halogens is 3. The van der Waals surface area contributed by atoms with Gasteiger partial charge in [0.2, 0.25) is 0 Å². The Labute approximate surface area is 108 Å². The summed E-state index contributed by atoms with van der Waals surface area (Å²) in [4.78, 5) is 2.14. The lowest BCUT2D eigenvalue weighted by Crippen LogP contribution is -2.42. The molecule has 2 N–H and O–H groups in total. The monoisotopic (exact) mass is 266 g/mol. The summed E-state index contributed by atoms with van der Waals surface area (Å²) in [6.07, 6.45) is -2.49. The van der Waals surface area contributed by atoms with Gasteiger partial charge >= 0.3 is 6.18 Å². The van der Waals surface area contributed by atoms with Crippen molar-refractivity contribution < 1.29 is 13.2 Å². The number of alkyl halides is 3. The molecule has 108 valence electrons. The van der Waals surface area contributed by atoms with E-state index in [2.05, 4.69) is 18.7 Å². The first-order valence-corrected chi connectivity index (χ1v) is 6.82. The summed E-state index contributed by atoms with van der Waals surface area (Å²) in [5.74, 6) is -0.103. The number of rotatable bonds is 5. The molecule has 0 saturated carbocycles. The van der Waals surface area contributed by atoms with Crippen LogP contribution in [0, 0.1) is 17.8 Å². The average molecular weight is 266 g/mol. The van der Waals surface area contributed by atoms with E-state index in [4.69, 9.17) is 5.73 Å². The van der Waals surface area contributed by atoms with E-state index in [-0.39, 0.29) is 12.8 Å². The van der Waals surface area contributed by atoms with Crippen LogP contribution in [0.25, 0.3) is 0 Å². The van der Waals surface area contributed by atoms with Gasteiger partial charge in [0.25, 0.3) is 0 Å². The average Bonchev–Trinajstić information content (AvgIpc) is 2.27. The van der Waals surface area contributed by atoms with Gasteiger partial charge in [0.1, 0.15) is 0 Å². The van der Waals surface area contributed by atoms with Gasteiger partial charge in [-0.1, -0.05) is 13.8 Å². The van der Waals surface area contributed by atoms with E-state index >= 15 is 0 Å². The standard InChI is InChI=1S/C13H25F3N2/c1-10(2)7-11(8-17)9-18-5-3-12(4-6-18)13(14,15)16/h10-12H,3-9,17H2,1-2H3. The van der Waals surface area contributed by atoms with E-state index in [9.17, 15) is 13.2 Å². The number of likely N-dealkylation sites (tertiary alicyclic amines) is 1. The molecule has 0 bridgehead atoms. The van der Waals surface area contributed by atoms with Crippen LogP contribution < -0.4 is 5.73 Å². The number of hydrogen-bond acceptors (Lipinski definition) is 2. The molecule has 0 aromatic carbocycles. The van der Waals surface area contributed by atoms with E-state index in [0.717, 1.165) is 13.0 Å². The minimum Gasteiger partial charge on any atom is -0.330 e. The second-order valence-corrected chi connectivity index (χ2v) is 5.85. The Morgan fingerprint density at radius 2 is 1.78 bits per heavy atom. The van der Waals surface area contributed by atoms with E-state index < -0.39 is 12.1 Å². The minimum atomic E-state index is -4.02. The highest BCUT2D eigenvalue weighted by Gasteiger charge is 2.41. The maximum absolute atomic E-state index is 12.5. The van der Waals surface area contributed by atoms with Crippen LogP contribution in [0.1, 0.15) is 33.1 Å². The number of hydrogen-bond donors (Lipinski definition) is 1. The molecule has 1 saturated heterocycles. The molecule has 1 atom stereocenters. The third-order valence-electron chi connectivity index (χ3n) is 3.70. The van der Waals surface area contributed by atoms with Crippen molar-refractivity contribution in [1.82, 2.24) is 4.90 Å². The Kier molecular flexibility index (Phi) is 5.92. The second kappa shape index (κ2) is 6.75. The van der Waals surface area contributed by atoms with Crippen LogP contribution in [-0.2, 0) is 0 Å². The molecule has 1 heterocycles. The molecule has 18 heavy (non-hydrogen) atoms. The van der Waals surface area contributed by atoms with Crippen LogP contribution in [0.2, 0.25) is 0 Å². The summed E-state index contributed by atoms with van der Waals surface area (Å²) in [5.41, 5.74) is 5.73. The molecular formula is C13H25F3N2. The smallest absolute Gasteiger partial charge is 0.330 e. The molecule has 0 radical (unpaired) electrons. The van der Waals surface area contributed by atoms with Gasteiger partial charge < -0.3 is 10.6 Å². The van der Waals surface area contributed by atoms with Crippen molar-refractivity contribution in [2.45, 2.75) is 39.3 Å². The molecule has 0 aromatic heterocycles. The maximum Gasteiger partial charge on any atom is 0.391 e. The van der Waals surface area contributed by atoms with E-state index in [1.54, 1.807) is 0 Å². The number of nitrogens with two attached hydrogens (primary N) is 1. The SMILES string of the molecule is CC(C)CC(CN)CN1CCC(C(F)(F)F)CC1. The van der Waals surface area contributed by atoms with Crippen LogP contribution in [0.5, 0.6) is 0 Å². The predicted molar refractivity (Wildman–Crippen MR) is 67.2 cm³/mol. The molecular weight excluding hydrogens is 241 g/mol. The zero-order valence-electron chi connectivity index (χ0n) is 11.3. The van der Waals surface area contributed by atoms with Crippen LogP contribution in [0.3, 0.4) is 0 Å². The Morgan fingerprint density at radius 1 is 1.22 bits per heavy atom.